The molecule has 138 valence electrons. The normalized spacial score (nSPS) is 19.2. The average molecular weight is 352 g/mol. The maximum absolute atomic E-state index is 13.0. The number of nitrogens with zero attached hydrogens (tertiary/aromatic N) is 4. The van der Waals surface area contributed by atoms with Gasteiger partial charge in [-0.25, -0.2) is 0 Å². The van der Waals surface area contributed by atoms with Gasteiger partial charge >= 0.3 is 0 Å². The highest BCUT2D eigenvalue weighted by Crippen LogP contribution is 2.20. The van der Waals surface area contributed by atoms with Crippen LogP contribution < -0.4 is 0 Å². The van der Waals surface area contributed by atoms with Gasteiger partial charge in [0.2, 0.25) is 0 Å². The Morgan fingerprint density at radius 3 is 2.46 bits per heavy atom. The second kappa shape index (κ2) is 7.64. The predicted molar refractivity (Wildman–Crippen MR) is 103 cm³/mol. The minimum absolute atomic E-state index is 0.195. The van der Waals surface area contributed by atoms with E-state index in [1.807, 2.05) is 11.0 Å². The maximum Gasteiger partial charge on any atom is 0.270 e. The Morgan fingerprint density at radius 1 is 0.923 bits per heavy atom. The molecule has 26 heavy (non-hydrogen) atoms. The Kier molecular flexibility index (Phi) is 5.09. The van der Waals surface area contributed by atoms with Gasteiger partial charge in [0.25, 0.3) is 5.91 Å². The predicted octanol–water partition coefficient (Wildman–Crippen LogP) is 2.28. The SMILES string of the molecule is CN1CCN(C(=O)c2ccc3n2CCCN(Cc2ccccc2)C3)CC1. The van der Waals surface area contributed by atoms with Crippen molar-refractivity contribution < 1.29 is 4.79 Å². The van der Waals surface area contributed by atoms with E-state index < -0.39 is 0 Å². The van der Waals surface area contributed by atoms with Gasteiger partial charge in [-0.15, -0.1) is 0 Å². The summed E-state index contributed by atoms with van der Waals surface area (Å²) in [6.07, 6.45) is 1.08. The summed E-state index contributed by atoms with van der Waals surface area (Å²) >= 11 is 0. The summed E-state index contributed by atoms with van der Waals surface area (Å²) in [4.78, 5) is 19.8. The van der Waals surface area contributed by atoms with E-state index in [0.717, 1.165) is 64.5 Å². The van der Waals surface area contributed by atoms with Crippen molar-refractivity contribution in [1.29, 1.82) is 0 Å². The number of rotatable bonds is 3. The van der Waals surface area contributed by atoms with Crippen LogP contribution in [0.2, 0.25) is 0 Å². The topological polar surface area (TPSA) is 31.7 Å². The number of fused-ring (bicyclic) bond motifs is 1. The fourth-order valence-corrected chi connectivity index (χ4v) is 4.01. The van der Waals surface area contributed by atoms with Gasteiger partial charge < -0.3 is 14.4 Å². The van der Waals surface area contributed by atoms with Crippen LogP contribution in [-0.4, -0.2) is 64.9 Å². The van der Waals surface area contributed by atoms with Crippen LogP contribution in [0.4, 0.5) is 0 Å². The molecule has 1 amide bonds. The van der Waals surface area contributed by atoms with Crippen LogP contribution in [0.25, 0.3) is 0 Å². The van der Waals surface area contributed by atoms with Crippen LogP contribution in [0, 0.1) is 0 Å². The molecule has 2 aliphatic rings. The van der Waals surface area contributed by atoms with Crippen molar-refractivity contribution >= 4 is 5.91 Å². The molecule has 0 unspecified atom stereocenters. The van der Waals surface area contributed by atoms with Gasteiger partial charge in [0.1, 0.15) is 5.69 Å². The molecule has 1 aromatic carbocycles. The first kappa shape index (κ1) is 17.3. The number of hydrogen-bond acceptors (Lipinski definition) is 3. The largest absolute Gasteiger partial charge is 0.339 e. The summed E-state index contributed by atoms with van der Waals surface area (Å²) in [5.41, 5.74) is 3.48. The van der Waals surface area contributed by atoms with E-state index in [4.69, 9.17) is 0 Å². The Bertz CT molecular complexity index is 747. The van der Waals surface area contributed by atoms with Gasteiger partial charge in [0, 0.05) is 58.1 Å². The van der Waals surface area contributed by atoms with Crippen LogP contribution in [0.1, 0.15) is 28.2 Å². The molecule has 2 aromatic rings. The molecular weight excluding hydrogens is 324 g/mol. The van der Waals surface area contributed by atoms with Gasteiger partial charge in [-0.1, -0.05) is 30.3 Å². The number of aromatic nitrogens is 1. The molecule has 0 atom stereocenters. The van der Waals surface area contributed by atoms with Gasteiger partial charge in [-0.2, -0.15) is 0 Å². The van der Waals surface area contributed by atoms with Crippen molar-refractivity contribution in [3.8, 4) is 0 Å². The fraction of sp³-hybridized carbons (Fsp3) is 0.476. The molecule has 3 heterocycles. The molecule has 1 aromatic heterocycles. The molecule has 0 spiro atoms. The van der Waals surface area contributed by atoms with Crippen molar-refractivity contribution in [1.82, 2.24) is 19.3 Å². The van der Waals surface area contributed by atoms with Crippen molar-refractivity contribution in [2.75, 3.05) is 39.8 Å². The summed E-state index contributed by atoms with van der Waals surface area (Å²) < 4.78 is 2.26. The Morgan fingerprint density at radius 2 is 1.69 bits per heavy atom. The third kappa shape index (κ3) is 3.69. The van der Waals surface area contributed by atoms with Crippen molar-refractivity contribution in [3.63, 3.8) is 0 Å². The zero-order valence-corrected chi connectivity index (χ0v) is 15.6. The first-order chi connectivity index (χ1) is 12.7. The second-order valence-electron chi connectivity index (χ2n) is 7.51. The van der Waals surface area contributed by atoms with Crippen LogP contribution in [0.15, 0.2) is 42.5 Å². The quantitative estimate of drug-likeness (QED) is 0.849. The minimum atomic E-state index is 0.195. The molecule has 2 aliphatic heterocycles. The summed E-state index contributed by atoms with van der Waals surface area (Å²) in [6, 6.07) is 14.8. The Balaban J connectivity index is 1.47. The molecule has 0 N–H and O–H groups in total. The lowest BCUT2D eigenvalue weighted by molar-refractivity contribution is 0.0653. The summed E-state index contributed by atoms with van der Waals surface area (Å²) in [5.74, 6) is 0.195. The van der Waals surface area contributed by atoms with E-state index in [1.54, 1.807) is 0 Å². The summed E-state index contributed by atoms with van der Waals surface area (Å²) in [7, 11) is 2.12. The second-order valence-corrected chi connectivity index (χ2v) is 7.51. The van der Waals surface area contributed by atoms with Crippen molar-refractivity contribution in [2.24, 2.45) is 0 Å². The monoisotopic (exact) mass is 352 g/mol. The number of likely N-dealkylation sites (N-methyl/N-ethyl adjacent to an activating group) is 1. The Labute approximate surface area is 155 Å². The van der Waals surface area contributed by atoms with Crippen LogP contribution in [0.3, 0.4) is 0 Å². The molecule has 0 saturated carbocycles. The number of hydrogen-bond donors (Lipinski definition) is 0. The number of carbonyl (C=O) groups is 1. The molecule has 0 aliphatic carbocycles. The van der Waals surface area contributed by atoms with Crippen molar-refractivity contribution in [2.45, 2.75) is 26.1 Å². The average Bonchev–Trinajstić information content (AvgIpc) is 2.94. The van der Waals surface area contributed by atoms with Crippen LogP contribution >= 0.6 is 0 Å². The lowest BCUT2D eigenvalue weighted by Gasteiger charge is -2.32. The third-order valence-electron chi connectivity index (χ3n) is 5.57. The van der Waals surface area contributed by atoms with Crippen LogP contribution in [0.5, 0.6) is 0 Å². The highest BCUT2D eigenvalue weighted by molar-refractivity contribution is 5.93. The lowest BCUT2D eigenvalue weighted by atomic mass is 10.2. The maximum atomic E-state index is 13.0. The number of piperazine rings is 1. The molecule has 0 radical (unpaired) electrons. The first-order valence-corrected chi connectivity index (χ1v) is 9.63. The summed E-state index contributed by atoms with van der Waals surface area (Å²) in [5, 5.41) is 0. The molecule has 0 bridgehead atoms. The smallest absolute Gasteiger partial charge is 0.270 e. The van der Waals surface area contributed by atoms with Gasteiger partial charge in [0.05, 0.1) is 0 Å². The third-order valence-corrected chi connectivity index (χ3v) is 5.57. The van der Waals surface area contributed by atoms with E-state index in [1.165, 1.54) is 11.3 Å². The number of amides is 1. The molecule has 4 rings (SSSR count). The lowest BCUT2D eigenvalue weighted by Crippen LogP contribution is -2.47. The van der Waals surface area contributed by atoms with E-state index >= 15 is 0 Å². The Hall–Kier alpha value is -2.11. The molecule has 5 heteroatoms. The first-order valence-electron chi connectivity index (χ1n) is 9.63. The van der Waals surface area contributed by atoms with Gasteiger partial charge in [-0.3, -0.25) is 9.69 Å². The van der Waals surface area contributed by atoms with E-state index in [2.05, 4.69) is 57.8 Å². The molecular formula is C21H28N4O. The standard InChI is InChI=1S/C21H28N4O/c1-22-12-14-24(15-13-22)21(26)20-9-8-19-17-23(10-5-11-25(19)20)16-18-6-3-2-4-7-18/h2-4,6-9H,5,10-17H2,1H3. The molecule has 1 saturated heterocycles. The zero-order chi connectivity index (χ0) is 17.9. The van der Waals surface area contributed by atoms with E-state index in [-0.39, 0.29) is 5.91 Å². The van der Waals surface area contributed by atoms with Crippen molar-refractivity contribution in [3.05, 3.63) is 59.4 Å². The zero-order valence-electron chi connectivity index (χ0n) is 15.6. The minimum Gasteiger partial charge on any atom is -0.339 e. The summed E-state index contributed by atoms with van der Waals surface area (Å²) in [6.45, 7) is 7.46. The number of carbonyl (C=O) groups excluding carboxylic acids is 1. The fourth-order valence-electron chi connectivity index (χ4n) is 4.01. The highest BCUT2D eigenvalue weighted by atomic mass is 16.2. The molecule has 5 nitrogen and oxygen atoms in total. The van der Waals surface area contributed by atoms with Crippen LogP contribution in [-0.2, 0) is 19.6 Å². The van der Waals surface area contributed by atoms with E-state index in [0.29, 0.717) is 0 Å². The van der Waals surface area contributed by atoms with E-state index in [9.17, 15) is 4.79 Å². The molecule has 1 fully saturated rings. The van der Waals surface area contributed by atoms with Gasteiger partial charge in [-0.05, 0) is 31.2 Å². The van der Waals surface area contributed by atoms with Gasteiger partial charge in [0.15, 0.2) is 0 Å². The highest BCUT2D eigenvalue weighted by Gasteiger charge is 2.25. The number of benzene rings is 1.